The lowest BCUT2D eigenvalue weighted by Crippen LogP contribution is -2.49. The summed E-state index contributed by atoms with van der Waals surface area (Å²) < 4.78 is 6.65. The van der Waals surface area contributed by atoms with Crippen molar-refractivity contribution in [1.82, 2.24) is 20.2 Å². The van der Waals surface area contributed by atoms with Crippen molar-refractivity contribution in [2.45, 2.75) is 12.1 Å². The zero-order valence-electron chi connectivity index (χ0n) is 15.4. The molecule has 5 N–H and O–H groups in total. The van der Waals surface area contributed by atoms with E-state index in [0.717, 1.165) is 5.39 Å². The molecular weight excluding hydrogens is 374 g/mol. The molecular formula is C20H17N5O4. The molecule has 9 nitrogen and oxygen atoms in total. The summed E-state index contributed by atoms with van der Waals surface area (Å²) in [5, 5.41) is 16.7. The van der Waals surface area contributed by atoms with Crippen LogP contribution in [0.4, 0.5) is 10.5 Å². The van der Waals surface area contributed by atoms with Crippen LogP contribution >= 0.6 is 0 Å². The largest absolute Gasteiger partial charge is 0.497 e. The van der Waals surface area contributed by atoms with Crippen LogP contribution in [-0.2, 0) is 11.3 Å². The number of imide groups is 1. The third-order valence-electron chi connectivity index (χ3n) is 4.60. The molecule has 4 rings (SSSR count). The number of nitrogens with zero attached hydrogens (tertiary/aromatic N) is 2. The normalized spacial score (nSPS) is 18.1. The molecule has 29 heavy (non-hydrogen) atoms. The van der Waals surface area contributed by atoms with Crippen molar-refractivity contribution in [3.05, 3.63) is 48.4 Å². The number of nitrogens with one attached hydrogen (secondary N) is 2. The number of aromatic hydroxyl groups is 1. The third kappa shape index (κ3) is 3.27. The molecule has 1 aliphatic rings. The fourth-order valence-corrected chi connectivity index (χ4v) is 3.16. The van der Waals surface area contributed by atoms with Gasteiger partial charge in [0.25, 0.3) is 5.91 Å². The van der Waals surface area contributed by atoms with Gasteiger partial charge in [0, 0.05) is 34.9 Å². The summed E-state index contributed by atoms with van der Waals surface area (Å²) in [5.41, 5.74) is 5.05. The number of methoxy groups -OCH3 is 1. The van der Waals surface area contributed by atoms with E-state index in [1.165, 1.54) is 24.1 Å². The van der Waals surface area contributed by atoms with Crippen LogP contribution in [0.2, 0.25) is 0 Å². The molecule has 1 saturated heterocycles. The highest BCUT2D eigenvalue weighted by molar-refractivity contribution is 6.09. The van der Waals surface area contributed by atoms with Crippen molar-refractivity contribution in [3.63, 3.8) is 0 Å². The van der Waals surface area contributed by atoms with Gasteiger partial charge in [0.05, 0.1) is 19.3 Å². The van der Waals surface area contributed by atoms with Gasteiger partial charge in [-0.3, -0.25) is 15.1 Å². The first-order valence-corrected chi connectivity index (χ1v) is 8.63. The maximum atomic E-state index is 12.6. The minimum atomic E-state index is -1.57. The first kappa shape index (κ1) is 18.2. The van der Waals surface area contributed by atoms with Gasteiger partial charge in [-0.15, -0.1) is 0 Å². The number of rotatable bonds is 3. The fourth-order valence-electron chi connectivity index (χ4n) is 3.16. The monoisotopic (exact) mass is 391 g/mol. The zero-order chi connectivity index (χ0) is 20.6. The molecule has 2 aromatic heterocycles. The van der Waals surface area contributed by atoms with Gasteiger partial charge < -0.3 is 25.5 Å². The number of amides is 3. The molecule has 146 valence electrons. The Morgan fingerprint density at radius 1 is 1.31 bits per heavy atom. The van der Waals surface area contributed by atoms with Crippen LogP contribution in [0.25, 0.3) is 10.8 Å². The summed E-state index contributed by atoms with van der Waals surface area (Å²) >= 11 is 0. The molecule has 0 spiro atoms. The Balaban J connectivity index is 1.76. The van der Waals surface area contributed by atoms with Gasteiger partial charge in [-0.2, -0.15) is 0 Å². The van der Waals surface area contributed by atoms with Crippen molar-refractivity contribution in [2.24, 2.45) is 0 Å². The molecule has 1 atom stereocenters. The van der Waals surface area contributed by atoms with E-state index in [1.54, 1.807) is 30.5 Å². The molecule has 0 aliphatic carbocycles. The number of fused-ring (bicyclic) bond motifs is 1. The van der Waals surface area contributed by atoms with Gasteiger partial charge in [0.15, 0.2) is 5.88 Å². The molecule has 0 unspecified atom stereocenters. The number of ether oxygens (including phenoxy) is 1. The molecule has 0 radical (unpaired) electrons. The molecule has 3 amide bonds. The number of carbonyl (C=O) groups excluding carboxylic acids is 2. The molecule has 1 aliphatic heterocycles. The maximum absolute atomic E-state index is 12.6. The number of anilines is 1. The van der Waals surface area contributed by atoms with E-state index in [9.17, 15) is 14.7 Å². The third-order valence-corrected chi connectivity index (χ3v) is 4.60. The van der Waals surface area contributed by atoms with E-state index in [1.807, 2.05) is 0 Å². The molecule has 1 aromatic carbocycles. The fraction of sp³-hybridized carbons (Fsp3) is 0.150. The Labute approximate surface area is 165 Å². The highest BCUT2D eigenvalue weighted by Gasteiger charge is 2.46. The number of pyridine rings is 1. The topological polar surface area (TPSA) is 131 Å². The van der Waals surface area contributed by atoms with Crippen LogP contribution in [0.5, 0.6) is 11.6 Å². The quantitative estimate of drug-likeness (QED) is 0.389. The second kappa shape index (κ2) is 6.76. The predicted octanol–water partition coefficient (Wildman–Crippen LogP) is 0.963. The van der Waals surface area contributed by atoms with Crippen LogP contribution < -0.4 is 21.1 Å². The molecule has 9 heteroatoms. The van der Waals surface area contributed by atoms with E-state index >= 15 is 0 Å². The van der Waals surface area contributed by atoms with E-state index in [4.69, 9.17) is 10.5 Å². The van der Waals surface area contributed by atoms with Crippen molar-refractivity contribution in [1.29, 1.82) is 0 Å². The van der Waals surface area contributed by atoms with Gasteiger partial charge in [0.1, 0.15) is 5.75 Å². The number of carbonyl (C=O) groups is 2. The van der Waals surface area contributed by atoms with Crippen molar-refractivity contribution in [3.8, 4) is 23.5 Å². The first-order chi connectivity index (χ1) is 13.9. The lowest BCUT2D eigenvalue weighted by Gasteiger charge is -2.20. The predicted molar refractivity (Wildman–Crippen MR) is 105 cm³/mol. The molecule has 3 heterocycles. The smallest absolute Gasteiger partial charge is 0.323 e. The maximum Gasteiger partial charge on any atom is 0.323 e. The number of benzene rings is 1. The van der Waals surface area contributed by atoms with Gasteiger partial charge in [-0.1, -0.05) is 11.8 Å². The van der Waals surface area contributed by atoms with Gasteiger partial charge in [-0.05, 0) is 24.3 Å². The lowest BCUT2D eigenvalue weighted by molar-refractivity contribution is -0.122. The molecule has 0 saturated carbocycles. The van der Waals surface area contributed by atoms with Crippen LogP contribution in [0, 0.1) is 11.8 Å². The summed E-state index contributed by atoms with van der Waals surface area (Å²) in [6.45, 7) is -0.101. The summed E-state index contributed by atoms with van der Waals surface area (Å²) in [6.07, 6.45) is 4.65. The zero-order valence-corrected chi connectivity index (χ0v) is 15.4. The van der Waals surface area contributed by atoms with Gasteiger partial charge in [0.2, 0.25) is 5.54 Å². The molecule has 3 aromatic rings. The Morgan fingerprint density at radius 3 is 2.83 bits per heavy atom. The standard InChI is InChI=1S/C20H17N5O4/c1-29-15-3-2-13-10-25(17(26)16(13)7-15)11-20(18(27)23-19(28)24-20)5-4-12-6-14(21)9-22-8-12/h2-3,6-10,26H,11,21H2,1H3,(H2,23,24,27,28)/t20-/m1/s1. The summed E-state index contributed by atoms with van der Waals surface area (Å²) in [5.74, 6) is 5.55. The van der Waals surface area contributed by atoms with E-state index in [-0.39, 0.29) is 12.4 Å². The van der Waals surface area contributed by atoms with Crippen LogP contribution in [0.1, 0.15) is 5.56 Å². The van der Waals surface area contributed by atoms with Crippen LogP contribution in [0.15, 0.2) is 42.9 Å². The van der Waals surface area contributed by atoms with Crippen molar-refractivity contribution < 1.29 is 19.4 Å². The Bertz CT molecular complexity index is 1210. The van der Waals surface area contributed by atoms with E-state index in [0.29, 0.717) is 22.4 Å². The highest BCUT2D eigenvalue weighted by atomic mass is 16.5. The number of nitrogen functional groups attached to an aromatic ring is 1. The minimum Gasteiger partial charge on any atom is -0.497 e. The number of hydrogen-bond acceptors (Lipinski definition) is 6. The average molecular weight is 391 g/mol. The summed E-state index contributed by atoms with van der Waals surface area (Å²) in [6, 6.07) is 6.18. The second-order valence-corrected chi connectivity index (χ2v) is 6.60. The molecule has 0 bridgehead atoms. The number of aromatic nitrogens is 2. The van der Waals surface area contributed by atoms with Crippen molar-refractivity contribution >= 4 is 28.4 Å². The van der Waals surface area contributed by atoms with Gasteiger partial charge in [-0.25, -0.2) is 4.79 Å². The lowest BCUT2D eigenvalue weighted by atomic mass is 10.00. The number of nitrogens with two attached hydrogens (primary N) is 1. The van der Waals surface area contributed by atoms with Gasteiger partial charge >= 0.3 is 6.03 Å². The van der Waals surface area contributed by atoms with Crippen LogP contribution in [-0.4, -0.2) is 39.2 Å². The van der Waals surface area contributed by atoms with E-state index in [2.05, 4.69) is 27.5 Å². The second-order valence-electron chi connectivity index (χ2n) is 6.60. The first-order valence-electron chi connectivity index (χ1n) is 8.63. The average Bonchev–Trinajstić information content (AvgIpc) is 3.15. The van der Waals surface area contributed by atoms with Crippen molar-refractivity contribution in [2.75, 3.05) is 12.8 Å². The molecule has 1 fully saturated rings. The Morgan fingerprint density at radius 2 is 2.14 bits per heavy atom. The Hall–Kier alpha value is -4.19. The number of urea groups is 1. The Kier molecular flexibility index (Phi) is 4.24. The highest BCUT2D eigenvalue weighted by Crippen LogP contribution is 2.31. The summed E-state index contributed by atoms with van der Waals surface area (Å²) in [7, 11) is 1.53. The van der Waals surface area contributed by atoms with E-state index < -0.39 is 17.5 Å². The SMILES string of the molecule is COc1ccc2cn(C[C@@]3(C#Cc4cncc(N)c4)NC(=O)NC3=O)c(O)c2c1. The summed E-state index contributed by atoms with van der Waals surface area (Å²) in [4.78, 5) is 28.4. The van der Waals surface area contributed by atoms with Crippen LogP contribution in [0.3, 0.4) is 0 Å². The minimum absolute atomic E-state index is 0.0698. The number of hydrogen-bond donors (Lipinski definition) is 4.